The van der Waals surface area contributed by atoms with Crippen molar-refractivity contribution in [2.45, 2.75) is 39.5 Å². The minimum atomic E-state index is 0.800. The molecule has 2 rings (SSSR count). The standard InChI is InChI=1S/C16H24ClNO/c1-13-11-15(12-14(2)16(13)17)19-10-6-5-9-18-7-3-4-8-18/h11-12H,3-10H2,1-2H3. The maximum absolute atomic E-state index is 6.15. The fourth-order valence-electron chi connectivity index (χ4n) is 2.62. The zero-order valence-electron chi connectivity index (χ0n) is 12.0. The van der Waals surface area contributed by atoms with Crippen LogP contribution in [0.15, 0.2) is 12.1 Å². The van der Waals surface area contributed by atoms with Crippen LogP contribution in [-0.4, -0.2) is 31.1 Å². The van der Waals surface area contributed by atoms with Gasteiger partial charge in [-0.2, -0.15) is 0 Å². The van der Waals surface area contributed by atoms with Crippen molar-refractivity contribution in [3.05, 3.63) is 28.3 Å². The van der Waals surface area contributed by atoms with E-state index in [1.807, 2.05) is 26.0 Å². The minimum Gasteiger partial charge on any atom is -0.494 e. The molecule has 1 aliphatic heterocycles. The van der Waals surface area contributed by atoms with Crippen LogP contribution in [0.25, 0.3) is 0 Å². The number of ether oxygens (including phenoxy) is 1. The van der Waals surface area contributed by atoms with Crippen LogP contribution in [0.2, 0.25) is 5.02 Å². The van der Waals surface area contributed by atoms with E-state index in [2.05, 4.69) is 4.90 Å². The van der Waals surface area contributed by atoms with Gasteiger partial charge in [0.2, 0.25) is 0 Å². The summed E-state index contributed by atoms with van der Waals surface area (Å²) in [5.74, 6) is 0.945. The summed E-state index contributed by atoms with van der Waals surface area (Å²) in [7, 11) is 0. The van der Waals surface area contributed by atoms with E-state index in [1.54, 1.807) is 0 Å². The smallest absolute Gasteiger partial charge is 0.119 e. The SMILES string of the molecule is Cc1cc(OCCCCN2CCCC2)cc(C)c1Cl. The van der Waals surface area contributed by atoms with E-state index in [-0.39, 0.29) is 0 Å². The van der Waals surface area contributed by atoms with Crippen LogP contribution in [0, 0.1) is 13.8 Å². The molecule has 19 heavy (non-hydrogen) atoms. The lowest BCUT2D eigenvalue weighted by Gasteiger charge is -2.14. The number of nitrogens with zero attached hydrogens (tertiary/aromatic N) is 1. The molecule has 106 valence electrons. The number of halogens is 1. The van der Waals surface area contributed by atoms with Crippen molar-refractivity contribution < 1.29 is 4.74 Å². The predicted octanol–water partition coefficient (Wildman–Crippen LogP) is 4.21. The van der Waals surface area contributed by atoms with E-state index in [0.29, 0.717) is 0 Å². The second kappa shape index (κ2) is 7.16. The van der Waals surface area contributed by atoms with Gasteiger partial charge in [-0.3, -0.25) is 0 Å². The molecular weight excluding hydrogens is 258 g/mol. The Kier molecular flexibility index (Phi) is 5.53. The molecule has 0 saturated carbocycles. The summed E-state index contributed by atoms with van der Waals surface area (Å²) in [6, 6.07) is 4.05. The average molecular weight is 282 g/mol. The lowest BCUT2D eigenvalue weighted by molar-refractivity contribution is 0.279. The summed E-state index contributed by atoms with van der Waals surface area (Å²) < 4.78 is 5.81. The van der Waals surface area contributed by atoms with Crippen molar-refractivity contribution in [2.24, 2.45) is 0 Å². The average Bonchev–Trinajstić information content (AvgIpc) is 2.88. The normalized spacial score (nSPS) is 15.9. The molecular formula is C16H24ClNO. The lowest BCUT2D eigenvalue weighted by Crippen LogP contribution is -2.20. The van der Waals surface area contributed by atoms with Crippen LogP contribution in [0.1, 0.15) is 36.8 Å². The van der Waals surface area contributed by atoms with E-state index in [4.69, 9.17) is 16.3 Å². The molecule has 1 saturated heterocycles. The van der Waals surface area contributed by atoms with Gasteiger partial charge in [0.15, 0.2) is 0 Å². The van der Waals surface area contributed by atoms with Crippen molar-refractivity contribution in [3.8, 4) is 5.75 Å². The molecule has 1 aromatic carbocycles. The summed E-state index contributed by atoms with van der Waals surface area (Å²) in [6.07, 6.45) is 5.10. The third kappa shape index (κ3) is 4.39. The summed E-state index contributed by atoms with van der Waals surface area (Å²) in [4.78, 5) is 2.55. The van der Waals surface area contributed by atoms with Crippen LogP contribution in [0.5, 0.6) is 5.75 Å². The molecule has 1 fully saturated rings. The Morgan fingerprint density at radius 3 is 2.37 bits per heavy atom. The van der Waals surface area contributed by atoms with Crippen LogP contribution >= 0.6 is 11.6 Å². The van der Waals surface area contributed by atoms with Gasteiger partial charge >= 0.3 is 0 Å². The van der Waals surface area contributed by atoms with Gasteiger partial charge in [-0.25, -0.2) is 0 Å². The Labute approximate surface area is 121 Å². The van der Waals surface area contributed by atoms with E-state index in [0.717, 1.165) is 34.9 Å². The van der Waals surface area contributed by atoms with Crippen molar-refractivity contribution in [2.75, 3.05) is 26.2 Å². The molecule has 0 atom stereocenters. The molecule has 0 radical (unpaired) electrons. The van der Waals surface area contributed by atoms with Gasteiger partial charge in [-0.15, -0.1) is 0 Å². The Hall–Kier alpha value is -0.730. The maximum Gasteiger partial charge on any atom is 0.119 e. The van der Waals surface area contributed by atoms with Gasteiger partial charge < -0.3 is 9.64 Å². The number of aryl methyl sites for hydroxylation is 2. The quantitative estimate of drug-likeness (QED) is 0.724. The zero-order chi connectivity index (χ0) is 13.7. The predicted molar refractivity (Wildman–Crippen MR) is 81.3 cm³/mol. The zero-order valence-corrected chi connectivity index (χ0v) is 12.8. The fourth-order valence-corrected chi connectivity index (χ4v) is 2.73. The Morgan fingerprint density at radius 2 is 1.74 bits per heavy atom. The summed E-state index contributed by atoms with van der Waals surface area (Å²) in [5.41, 5.74) is 2.18. The van der Waals surface area contributed by atoms with E-state index < -0.39 is 0 Å². The first-order chi connectivity index (χ1) is 9.16. The highest BCUT2D eigenvalue weighted by Gasteiger charge is 2.10. The molecule has 3 heteroatoms. The van der Waals surface area contributed by atoms with Crippen molar-refractivity contribution in [3.63, 3.8) is 0 Å². The van der Waals surface area contributed by atoms with Crippen LogP contribution in [0.4, 0.5) is 0 Å². The number of rotatable bonds is 6. The number of hydrogen-bond acceptors (Lipinski definition) is 2. The van der Waals surface area contributed by atoms with Gasteiger partial charge in [0.05, 0.1) is 6.61 Å². The summed E-state index contributed by atoms with van der Waals surface area (Å²) >= 11 is 6.15. The monoisotopic (exact) mass is 281 g/mol. The second-order valence-corrected chi connectivity index (χ2v) is 5.85. The molecule has 0 bridgehead atoms. The van der Waals surface area contributed by atoms with E-state index in [9.17, 15) is 0 Å². The molecule has 1 aliphatic rings. The third-order valence-corrected chi connectivity index (χ3v) is 4.34. The van der Waals surface area contributed by atoms with Gasteiger partial charge in [0, 0.05) is 5.02 Å². The minimum absolute atomic E-state index is 0.800. The number of unbranched alkanes of at least 4 members (excludes halogenated alkanes) is 1. The molecule has 0 unspecified atom stereocenters. The third-order valence-electron chi connectivity index (χ3n) is 3.75. The molecule has 0 spiro atoms. The van der Waals surface area contributed by atoms with Gasteiger partial charge in [0.1, 0.15) is 5.75 Å². The van der Waals surface area contributed by atoms with Crippen LogP contribution < -0.4 is 4.74 Å². The largest absolute Gasteiger partial charge is 0.494 e. The molecule has 0 N–H and O–H groups in total. The van der Waals surface area contributed by atoms with E-state index in [1.165, 1.54) is 38.9 Å². The molecule has 1 aromatic rings. The second-order valence-electron chi connectivity index (χ2n) is 5.48. The highest BCUT2D eigenvalue weighted by molar-refractivity contribution is 6.32. The molecule has 0 amide bonds. The first-order valence-electron chi connectivity index (χ1n) is 7.29. The first-order valence-corrected chi connectivity index (χ1v) is 7.66. The van der Waals surface area contributed by atoms with Crippen molar-refractivity contribution in [1.29, 1.82) is 0 Å². The van der Waals surface area contributed by atoms with Gasteiger partial charge in [-0.1, -0.05) is 11.6 Å². The molecule has 0 aromatic heterocycles. The highest BCUT2D eigenvalue weighted by atomic mass is 35.5. The van der Waals surface area contributed by atoms with Gasteiger partial charge in [-0.05, 0) is 82.4 Å². The topological polar surface area (TPSA) is 12.5 Å². The maximum atomic E-state index is 6.15. The fraction of sp³-hybridized carbons (Fsp3) is 0.625. The highest BCUT2D eigenvalue weighted by Crippen LogP contribution is 2.25. The number of benzene rings is 1. The number of likely N-dealkylation sites (tertiary alicyclic amines) is 1. The molecule has 1 heterocycles. The van der Waals surface area contributed by atoms with Crippen molar-refractivity contribution >= 4 is 11.6 Å². The summed E-state index contributed by atoms with van der Waals surface area (Å²) in [5, 5.41) is 0.849. The first kappa shape index (κ1) is 14.7. The Bertz CT molecular complexity index is 390. The van der Waals surface area contributed by atoms with Crippen LogP contribution in [0.3, 0.4) is 0 Å². The van der Waals surface area contributed by atoms with E-state index >= 15 is 0 Å². The molecule has 0 aliphatic carbocycles. The van der Waals surface area contributed by atoms with Crippen molar-refractivity contribution in [1.82, 2.24) is 4.90 Å². The van der Waals surface area contributed by atoms with Crippen LogP contribution in [-0.2, 0) is 0 Å². The number of hydrogen-bond donors (Lipinski definition) is 0. The summed E-state index contributed by atoms with van der Waals surface area (Å²) in [6.45, 7) is 8.65. The lowest BCUT2D eigenvalue weighted by atomic mass is 10.1. The Morgan fingerprint density at radius 1 is 1.11 bits per heavy atom. The Balaban J connectivity index is 1.67. The van der Waals surface area contributed by atoms with Gasteiger partial charge in [0.25, 0.3) is 0 Å². The molecule has 2 nitrogen and oxygen atoms in total.